The highest BCUT2D eigenvalue weighted by Crippen LogP contribution is 2.39. The lowest BCUT2D eigenvalue weighted by atomic mass is 9.78. The van der Waals surface area contributed by atoms with Crippen molar-refractivity contribution in [2.45, 2.75) is 51.3 Å². The molecule has 0 N–H and O–H groups in total. The average molecular weight is 314 g/mol. The van der Waals surface area contributed by atoms with Crippen LogP contribution in [0.25, 0.3) is 0 Å². The van der Waals surface area contributed by atoms with Gasteiger partial charge in [0.25, 0.3) is 0 Å². The van der Waals surface area contributed by atoms with Crippen molar-refractivity contribution in [3.63, 3.8) is 0 Å². The summed E-state index contributed by atoms with van der Waals surface area (Å²) in [5.41, 5.74) is 4.04. The lowest BCUT2D eigenvalue weighted by Crippen LogP contribution is -2.27. The van der Waals surface area contributed by atoms with Gasteiger partial charge in [0.15, 0.2) is 0 Å². The number of rotatable bonds is 6. The maximum absolute atomic E-state index is 6.77. The summed E-state index contributed by atoms with van der Waals surface area (Å²) in [6, 6.07) is 19.3. The van der Waals surface area contributed by atoms with E-state index in [9.17, 15) is 0 Å². The minimum Gasteiger partial charge on any atom is -0.119 e. The van der Waals surface area contributed by atoms with E-state index in [1.54, 1.807) is 0 Å². The molecule has 0 aromatic heterocycles. The van der Waals surface area contributed by atoms with Gasteiger partial charge in [-0.2, -0.15) is 0 Å². The van der Waals surface area contributed by atoms with Crippen LogP contribution in [0, 0.1) is 5.92 Å². The van der Waals surface area contributed by atoms with Crippen LogP contribution in [0.5, 0.6) is 0 Å². The van der Waals surface area contributed by atoms with Crippen LogP contribution in [-0.2, 0) is 6.42 Å². The van der Waals surface area contributed by atoms with Crippen molar-refractivity contribution in [1.82, 2.24) is 0 Å². The molecule has 0 heterocycles. The summed E-state index contributed by atoms with van der Waals surface area (Å²) in [6.07, 6.45) is 2.03. The first-order valence-electron chi connectivity index (χ1n) is 8.12. The molecule has 0 nitrogen and oxygen atoms in total. The molecule has 2 aromatic carbocycles. The van der Waals surface area contributed by atoms with E-state index in [-0.39, 0.29) is 4.87 Å². The standard InChI is InChI=1S/C21H26Cl/c1-5-16(2)18-13-9-10-14-19(18)20(21(3,4)22)15-17-11-7-6-8-12-17/h6-14,16H,5,15H2,1-4H3. The van der Waals surface area contributed by atoms with Crippen molar-refractivity contribution in [2.75, 3.05) is 0 Å². The highest BCUT2D eigenvalue weighted by atomic mass is 35.5. The molecule has 0 fully saturated rings. The summed E-state index contributed by atoms with van der Waals surface area (Å²) in [5.74, 6) is 1.84. The van der Waals surface area contributed by atoms with Gasteiger partial charge in [-0.1, -0.05) is 68.4 Å². The van der Waals surface area contributed by atoms with Gasteiger partial charge in [-0.25, -0.2) is 0 Å². The van der Waals surface area contributed by atoms with E-state index in [0.717, 1.165) is 12.8 Å². The first kappa shape index (κ1) is 17.1. The van der Waals surface area contributed by atoms with E-state index in [1.807, 2.05) is 0 Å². The molecule has 0 saturated heterocycles. The Morgan fingerprint density at radius 2 is 1.59 bits per heavy atom. The predicted molar refractivity (Wildman–Crippen MR) is 97.6 cm³/mol. The summed E-state index contributed by atoms with van der Waals surface area (Å²) in [4.78, 5) is -0.362. The normalized spacial score (nSPS) is 13.4. The third-order valence-corrected chi connectivity index (χ3v) is 4.60. The smallest absolute Gasteiger partial charge is 0.0499 e. The Morgan fingerprint density at radius 1 is 1.00 bits per heavy atom. The van der Waals surface area contributed by atoms with E-state index < -0.39 is 0 Å². The molecule has 1 radical (unpaired) electrons. The highest BCUT2D eigenvalue weighted by molar-refractivity contribution is 6.25. The van der Waals surface area contributed by atoms with Crippen molar-refractivity contribution in [3.8, 4) is 0 Å². The second-order valence-electron chi connectivity index (χ2n) is 6.51. The molecule has 0 aliphatic rings. The van der Waals surface area contributed by atoms with Gasteiger partial charge in [0, 0.05) is 10.8 Å². The summed E-state index contributed by atoms with van der Waals surface area (Å²) in [5, 5.41) is 0. The van der Waals surface area contributed by atoms with Crippen LogP contribution >= 0.6 is 11.6 Å². The lowest BCUT2D eigenvalue weighted by Gasteiger charge is -2.31. The number of hydrogen-bond acceptors (Lipinski definition) is 0. The Morgan fingerprint density at radius 3 is 2.18 bits per heavy atom. The summed E-state index contributed by atoms with van der Waals surface area (Å²) >= 11 is 6.77. The Hall–Kier alpha value is -1.27. The first-order chi connectivity index (χ1) is 10.4. The Labute approximate surface area is 140 Å². The molecule has 0 amide bonds. The largest absolute Gasteiger partial charge is 0.119 e. The van der Waals surface area contributed by atoms with Crippen molar-refractivity contribution in [1.29, 1.82) is 0 Å². The fraction of sp³-hybridized carbons (Fsp3) is 0.381. The van der Waals surface area contributed by atoms with Crippen molar-refractivity contribution >= 4 is 11.6 Å². The second kappa shape index (κ2) is 7.33. The second-order valence-corrected chi connectivity index (χ2v) is 7.45. The van der Waals surface area contributed by atoms with E-state index in [2.05, 4.69) is 82.3 Å². The minimum atomic E-state index is -0.362. The van der Waals surface area contributed by atoms with E-state index >= 15 is 0 Å². The fourth-order valence-corrected chi connectivity index (χ4v) is 3.02. The highest BCUT2D eigenvalue weighted by Gasteiger charge is 2.31. The lowest BCUT2D eigenvalue weighted by molar-refractivity contribution is 0.671. The molecule has 1 unspecified atom stereocenters. The minimum absolute atomic E-state index is 0.362. The van der Waals surface area contributed by atoms with Gasteiger partial charge in [0.2, 0.25) is 0 Å². The summed E-state index contributed by atoms with van der Waals surface area (Å²) < 4.78 is 0. The molecule has 0 bridgehead atoms. The van der Waals surface area contributed by atoms with Gasteiger partial charge in [0.1, 0.15) is 0 Å². The van der Waals surface area contributed by atoms with Crippen LogP contribution in [0.2, 0.25) is 0 Å². The maximum atomic E-state index is 6.77. The quantitative estimate of drug-likeness (QED) is 0.542. The molecule has 1 heteroatoms. The number of alkyl halides is 1. The van der Waals surface area contributed by atoms with Gasteiger partial charge in [0.05, 0.1) is 0 Å². The third-order valence-electron chi connectivity index (χ3n) is 4.37. The average Bonchev–Trinajstić information content (AvgIpc) is 2.52. The Kier molecular flexibility index (Phi) is 5.69. The van der Waals surface area contributed by atoms with Crippen LogP contribution in [0.1, 0.15) is 56.7 Å². The zero-order chi connectivity index (χ0) is 16.2. The van der Waals surface area contributed by atoms with E-state index in [0.29, 0.717) is 5.92 Å². The molecule has 117 valence electrons. The maximum Gasteiger partial charge on any atom is 0.0499 e. The predicted octanol–water partition coefficient (Wildman–Crippen LogP) is 6.38. The monoisotopic (exact) mass is 313 g/mol. The van der Waals surface area contributed by atoms with Crippen molar-refractivity contribution in [2.24, 2.45) is 0 Å². The van der Waals surface area contributed by atoms with E-state index in [4.69, 9.17) is 11.6 Å². The first-order valence-corrected chi connectivity index (χ1v) is 8.49. The van der Waals surface area contributed by atoms with Gasteiger partial charge in [-0.3, -0.25) is 0 Å². The van der Waals surface area contributed by atoms with Crippen LogP contribution < -0.4 is 0 Å². The van der Waals surface area contributed by atoms with Gasteiger partial charge in [-0.15, -0.1) is 11.6 Å². The van der Waals surface area contributed by atoms with Crippen LogP contribution in [-0.4, -0.2) is 4.87 Å². The molecule has 0 aliphatic heterocycles. The molecular weight excluding hydrogens is 288 g/mol. The van der Waals surface area contributed by atoms with Crippen molar-refractivity contribution < 1.29 is 0 Å². The van der Waals surface area contributed by atoms with Gasteiger partial charge in [-0.05, 0) is 49.3 Å². The Balaban J connectivity index is 2.43. The molecular formula is C21H26Cl. The molecule has 0 saturated carbocycles. The molecule has 0 aliphatic carbocycles. The molecule has 2 aromatic rings. The molecule has 0 spiro atoms. The molecule has 22 heavy (non-hydrogen) atoms. The molecule has 2 rings (SSSR count). The number of benzene rings is 2. The third kappa shape index (κ3) is 4.14. The number of hydrogen-bond donors (Lipinski definition) is 0. The SMILES string of the molecule is CCC(C)c1ccccc1[C](Cc1ccccc1)C(C)(C)Cl. The Bertz CT molecular complexity index is 580. The summed E-state index contributed by atoms with van der Waals surface area (Å²) in [6.45, 7) is 8.73. The zero-order valence-electron chi connectivity index (χ0n) is 14.1. The van der Waals surface area contributed by atoms with Crippen LogP contribution in [0.3, 0.4) is 0 Å². The van der Waals surface area contributed by atoms with Gasteiger partial charge >= 0.3 is 0 Å². The van der Waals surface area contributed by atoms with E-state index in [1.165, 1.54) is 22.6 Å². The van der Waals surface area contributed by atoms with Crippen LogP contribution in [0.4, 0.5) is 0 Å². The summed E-state index contributed by atoms with van der Waals surface area (Å²) in [7, 11) is 0. The van der Waals surface area contributed by atoms with Gasteiger partial charge < -0.3 is 0 Å². The fourth-order valence-electron chi connectivity index (χ4n) is 2.85. The number of halogens is 1. The topological polar surface area (TPSA) is 0 Å². The van der Waals surface area contributed by atoms with Crippen molar-refractivity contribution in [3.05, 3.63) is 77.2 Å². The molecule has 1 atom stereocenters. The van der Waals surface area contributed by atoms with Crippen LogP contribution in [0.15, 0.2) is 54.6 Å². The zero-order valence-corrected chi connectivity index (χ0v) is 14.8.